The van der Waals surface area contributed by atoms with E-state index in [9.17, 15) is 4.79 Å². The third kappa shape index (κ3) is 2.01. The molecule has 1 aliphatic rings. The highest BCUT2D eigenvalue weighted by Crippen LogP contribution is 2.17. The van der Waals surface area contributed by atoms with Crippen molar-refractivity contribution >= 4 is 5.91 Å². The molecule has 0 saturated carbocycles. The van der Waals surface area contributed by atoms with Crippen molar-refractivity contribution in [1.29, 1.82) is 0 Å². The number of fused-ring (bicyclic) bond motifs is 1. The first kappa shape index (κ1) is 10.1. The lowest BCUT2D eigenvalue weighted by molar-refractivity contribution is -0.116. The first-order chi connectivity index (χ1) is 7.18. The van der Waals surface area contributed by atoms with Gasteiger partial charge < -0.3 is 4.57 Å². The largest absolute Gasteiger partial charge is 0.336 e. The molecule has 0 saturated heterocycles. The van der Waals surface area contributed by atoms with Crippen molar-refractivity contribution in [3.05, 3.63) is 28.9 Å². The number of carbonyl (C=O) groups excluding carboxylic acids is 1. The molecule has 0 N–H and O–H groups in total. The van der Waals surface area contributed by atoms with Crippen molar-refractivity contribution in [1.82, 2.24) is 4.57 Å². The van der Waals surface area contributed by atoms with Gasteiger partial charge in [-0.05, 0) is 42.9 Å². The fourth-order valence-corrected chi connectivity index (χ4v) is 2.15. The fraction of sp³-hybridized carbons (Fsp3) is 0.500. The van der Waals surface area contributed by atoms with E-state index < -0.39 is 0 Å². The molecule has 0 radical (unpaired) electrons. The van der Waals surface area contributed by atoms with Gasteiger partial charge in [-0.25, -0.2) is 0 Å². The number of amides is 1. The molecule has 1 amide bonds. The van der Waals surface area contributed by atoms with Gasteiger partial charge in [-0.2, -0.15) is 4.99 Å². The van der Waals surface area contributed by atoms with E-state index in [0.717, 1.165) is 18.3 Å². The van der Waals surface area contributed by atoms with Crippen molar-refractivity contribution in [2.75, 3.05) is 0 Å². The lowest BCUT2D eigenvalue weighted by Gasteiger charge is -2.17. The molecular weight excluding hydrogens is 188 g/mol. The van der Waals surface area contributed by atoms with Gasteiger partial charge in [0, 0.05) is 20.2 Å². The van der Waals surface area contributed by atoms with E-state index in [1.807, 2.05) is 17.8 Å². The molecular formula is C12H16N2O. The van der Waals surface area contributed by atoms with Crippen molar-refractivity contribution in [2.24, 2.45) is 12.0 Å². The Morgan fingerprint density at radius 2 is 2.13 bits per heavy atom. The first-order valence-electron chi connectivity index (χ1n) is 5.41. The topological polar surface area (TPSA) is 34.4 Å². The number of rotatable bonds is 0. The second kappa shape index (κ2) is 4.01. The van der Waals surface area contributed by atoms with E-state index in [1.165, 1.54) is 30.9 Å². The molecule has 3 heteroatoms. The van der Waals surface area contributed by atoms with E-state index >= 15 is 0 Å². The summed E-state index contributed by atoms with van der Waals surface area (Å²) in [5.41, 5.74) is 3.47. The minimum absolute atomic E-state index is 0.121. The van der Waals surface area contributed by atoms with Crippen molar-refractivity contribution < 1.29 is 4.79 Å². The Morgan fingerprint density at radius 1 is 1.40 bits per heavy atom. The Kier molecular flexibility index (Phi) is 2.71. The number of hydrogen-bond acceptors (Lipinski definition) is 1. The predicted molar refractivity (Wildman–Crippen MR) is 58.3 cm³/mol. The summed E-state index contributed by atoms with van der Waals surface area (Å²) in [6.07, 6.45) is 6.62. The minimum Gasteiger partial charge on any atom is -0.336 e. The normalized spacial score (nSPS) is 16.3. The van der Waals surface area contributed by atoms with Gasteiger partial charge >= 0.3 is 0 Å². The van der Waals surface area contributed by atoms with Gasteiger partial charge in [0.1, 0.15) is 5.49 Å². The summed E-state index contributed by atoms with van der Waals surface area (Å²) in [5.74, 6) is -0.121. The molecule has 0 spiro atoms. The van der Waals surface area contributed by atoms with Gasteiger partial charge in [-0.1, -0.05) is 0 Å². The van der Waals surface area contributed by atoms with Crippen LogP contribution >= 0.6 is 0 Å². The van der Waals surface area contributed by atoms with Crippen LogP contribution in [0.2, 0.25) is 0 Å². The van der Waals surface area contributed by atoms with E-state index in [1.54, 1.807) is 0 Å². The van der Waals surface area contributed by atoms with Crippen molar-refractivity contribution in [3.63, 3.8) is 0 Å². The number of aryl methyl sites for hydroxylation is 2. The van der Waals surface area contributed by atoms with Crippen molar-refractivity contribution in [2.45, 2.75) is 32.6 Å². The van der Waals surface area contributed by atoms with Crippen LogP contribution in [-0.2, 0) is 24.7 Å². The molecule has 2 rings (SSSR count). The molecule has 0 bridgehead atoms. The van der Waals surface area contributed by atoms with E-state index in [-0.39, 0.29) is 5.91 Å². The summed E-state index contributed by atoms with van der Waals surface area (Å²) >= 11 is 0. The molecule has 0 aliphatic heterocycles. The highest BCUT2D eigenvalue weighted by Gasteiger charge is 2.12. The summed E-state index contributed by atoms with van der Waals surface area (Å²) < 4.78 is 1.94. The lowest BCUT2D eigenvalue weighted by Crippen LogP contribution is -2.27. The van der Waals surface area contributed by atoms with Gasteiger partial charge in [-0.15, -0.1) is 0 Å². The maximum Gasteiger partial charge on any atom is 0.244 e. The van der Waals surface area contributed by atoms with Gasteiger partial charge in [0.15, 0.2) is 0 Å². The van der Waals surface area contributed by atoms with Crippen LogP contribution in [-0.4, -0.2) is 10.5 Å². The smallest absolute Gasteiger partial charge is 0.244 e. The highest BCUT2D eigenvalue weighted by molar-refractivity contribution is 5.73. The number of pyridine rings is 1. The number of aromatic nitrogens is 1. The van der Waals surface area contributed by atoms with Crippen LogP contribution < -0.4 is 5.49 Å². The Morgan fingerprint density at radius 3 is 2.87 bits per heavy atom. The van der Waals surface area contributed by atoms with Crippen molar-refractivity contribution in [3.8, 4) is 0 Å². The number of nitrogens with zero attached hydrogens (tertiary/aromatic N) is 2. The zero-order valence-corrected chi connectivity index (χ0v) is 9.29. The Balaban J connectivity index is 2.65. The average molecular weight is 204 g/mol. The summed E-state index contributed by atoms with van der Waals surface area (Å²) in [7, 11) is 1.94. The molecule has 0 unspecified atom stereocenters. The zero-order valence-electron chi connectivity index (χ0n) is 9.29. The monoisotopic (exact) mass is 204 g/mol. The number of carbonyl (C=O) groups is 1. The van der Waals surface area contributed by atoms with Gasteiger partial charge in [0.05, 0.1) is 0 Å². The summed E-state index contributed by atoms with van der Waals surface area (Å²) in [4.78, 5) is 15.2. The lowest BCUT2D eigenvalue weighted by atomic mass is 9.93. The fourth-order valence-electron chi connectivity index (χ4n) is 2.15. The quantitative estimate of drug-likeness (QED) is 0.628. The molecule has 0 atom stereocenters. The molecule has 1 heterocycles. The molecule has 1 aromatic heterocycles. The summed E-state index contributed by atoms with van der Waals surface area (Å²) in [6.45, 7) is 1.50. The maximum atomic E-state index is 11.1. The molecule has 3 nitrogen and oxygen atoms in total. The number of hydrogen-bond donors (Lipinski definition) is 0. The molecule has 15 heavy (non-hydrogen) atoms. The van der Waals surface area contributed by atoms with Crippen LogP contribution in [0.15, 0.2) is 17.3 Å². The van der Waals surface area contributed by atoms with Crippen LogP contribution in [0.4, 0.5) is 0 Å². The Labute approximate surface area is 89.5 Å². The standard InChI is InChI=1S/C12H16N2O/c1-9(15)13-12-11-6-4-3-5-10(11)7-8-14(12)2/h7-8H,3-6H2,1-2H3. The van der Waals surface area contributed by atoms with Crippen LogP contribution in [0.5, 0.6) is 0 Å². The second-order valence-electron chi connectivity index (χ2n) is 4.09. The highest BCUT2D eigenvalue weighted by atomic mass is 16.1. The Hall–Kier alpha value is -1.38. The van der Waals surface area contributed by atoms with E-state index in [2.05, 4.69) is 11.1 Å². The summed E-state index contributed by atoms with van der Waals surface area (Å²) in [6, 6.07) is 2.15. The van der Waals surface area contributed by atoms with Gasteiger partial charge in [0.2, 0.25) is 5.91 Å². The SMILES string of the molecule is CC(=O)N=c1c2c(ccn1C)CCCC2. The predicted octanol–water partition coefficient (Wildman–Crippen LogP) is 1.35. The third-order valence-electron chi connectivity index (χ3n) is 2.88. The van der Waals surface area contributed by atoms with Crippen LogP contribution in [0.3, 0.4) is 0 Å². The molecule has 1 aromatic rings. The summed E-state index contributed by atoms with van der Waals surface area (Å²) in [5, 5.41) is 0. The van der Waals surface area contributed by atoms with Crippen LogP contribution in [0.1, 0.15) is 30.9 Å². The molecule has 1 aliphatic carbocycles. The van der Waals surface area contributed by atoms with E-state index in [0.29, 0.717) is 0 Å². The zero-order chi connectivity index (χ0) is 10.8. The third-order valence-corrected chi connectivity index (χ3v) is 2.88. The minimum atomic E-state index is -0.121. The van der Waals surface area contributed by atoms with Gasteiger partial charge in [0.25, 0.3) is 0 Å². The molecule has 0 fully saturated rings. The maximum absolute atomic E-state index is 11.1. The first-order valence-corrected chi connectivity index (χ1v) is 5.41. The molecule has 0 aromatic carbocycles. The molecule has 80 valence electrons. The second-order valence-corrected chi connectivity index (χ2v) is 4.09. The Bertz CT molecular complexity index is 457. The van der Waals surface area contributed by atoms with Gasteiger partial charge in [-0.3, -0.25) is 4.79 Å². The van der Waals surface area contributed by atoms with Crippen LogP contribution in [0, 0.1) is 0 Å². The average Bonchev–Trinajstić information content (AvgIpc) is 2.22. The van der Waals surface area contributed by atoms with E-state index in [4.69, 9.17) is 0 Å². The van der Waals surface area contributed by atoms with Crippen LogP contribution in [0.25, 0.3) is 0 Å².